The van der Waals surface area contributed by atoms with E-state index >= 15 is 0 Å². The predicted molar refractivity (Wildman–Crippen MR) is 40.8 cm³/mol. The molecule has 0 bridgehead atoms. The van der Waals surface area contributed by atoms with Gasteiger partial charge in [-0.05, 0) is 0 Å². The second-order valence-corrected chi connectivity index (χ2v) is 8.90. The summed E-state index contributed by atoms with van der Waals surface area (Å²) in [5.74, 6) is 0. The third kappa shape index (κ3) is 3.92. The van der Waals surface area contributed by atoms with Crippen molar-refractivity contribution in [3.8, 4) is 0 Å². The molecule has 0 saturated heterocycles. The molecule has 3 heteroatoms. The Kier molecular flexibility index (Phi) is 4.38. The van der Waals surface area contributed by atoms with Crippen molar-refractivity contribution in [1.82, 2.24) is 0 Å². The van der Waals surface area contributed by atoms with Gasteiger partial charge in [0.25, 0.3) is 0 Å². The summed E-state index contributed by atoms with van der Waals surface area (Å²) < 4.78 is 5.45. The molecule has 0 aliphatic heterocycles. The number of hydrogen-bond donors (Lipinski definition) is 0. The Morgan fingerprint density at radius 1 is 1.50 bits per heavy atom. The van der Waals surface area contributed by atoms with Crippen LogP contribution < -0.4 is 0 Å². The van der Waals surface area contributed by atoms with Crippen LogP contribution in [0.15, 0.2) is 0 Å². The van der Waals surface area contributed by atoms with Gasteiger partial charge in [0.2, 0.25) is 0 Å². The van der Waals surface area contributed by atoms with Crippen LogP contribution >= 0.6 is 0 Å². The zero-order chi connectivity index (χ0) is 6.62. The Balaban J connectivity index is 3.37. The summed E-state index contributed by atoms with van der Waals surface area (Å²) >= 11 is 0.981. The van der Waals surface area contributed by atoms with Crippen LogP contribution in [-0.4, -0.2) is 31.3 Å². The average molecular weight is 237 g/mol. The molecule has 48 valence electrons. The van der Waals surface area contributed by atoms with E-state index in [-0.39, 0.29) is 0 Å². The second kappa shape index (κ2) is 3.90. The molecule has 0 rings (SSSR count). The summed E-state index contributed by atoms with van der Waals surface area (Å²) in [5.41, 5.74) is 0. The maximum atomic E-state index is 5.45. The molecule has 1 nitrogen and oxygen atoms in total. The van der Waals surface area contributed by atoms with Crippen LogP contribution in [0, 0.1) is 0 Å². The van der Waals surface area contributed by atoms with E-state index in [4.69, 9.17) is 2.76 Å². The van der Waals surface area contributed by atoms with E-state index in [2.05, 4.69) is 20.0 Å². The van der Waals surface area contributed by atoms with Crippen molar-refractivity contribution in [1.29, 1.82) is 0 Å². The Morgan fingerprint density at radius 3 is 2.12 bits per heavy atom. The van der Waals surface area contributed by atoms with Gasteiger partial charge in [0.05, 0.1) is 0 Å². The molecule has 0 aliphatic carbocycles. The standard InChI is InChI=1S/C5H13OSi.Sn.H/c1-4-5-7(2,3)6;;/h4-5H2,1-3H3;;/q-1;+1;. The first kappa shape index (κ1) is 8.98. The molecule has 0 N–H and O–H groups in total. The predicted octanol–water partition coefficient (Wildman–Crippen LogP) is 1.43. The van der Waals surface area contributed by atoms with E-state index in [9.17, 15) is 0 Å². The third-order valence-electron chi connectivity index (χ3n) is 1.17. The van der Waals surface area contributed by atoms with Crippen molar-refractivity contribution in [2.75, 3.05) is 0 Å². The van der Waals surface area contributed by atoms with Crippen molar-refractivity contribution in [3.63, 3.8) is 0 Å². The van der Waals surface area contributed by atoms with Gasteiger partial charge in [-0.2, -0.15) is 0 Å². The SMILES string of the molecule is CCC[Si](C)(C)[O][SnH]. The van der Waals surface area contributed by atoms with Crippen LogP contribution in [0.5, 0.6) is 0 Å². The maximum absolute atomic E-state index is 5.45. The third-order valence-corrected chi connectivity index (χ3v) is 8.98. The summed E-state index contributed by atoms with van der Waals surface area (Å²) in [6, 6.07) is 1.31. The second-order valence-electron chi connectivity index (χ2n) is 2.63. The fraction of sp³-hybridized carbons (Fsp3) is 1.00. The topological polar surface area (TPSA) is 9.23 Å². The molecule has 8 heavy (non-hydrogen) atoms. The van der Waals surface area contributed by atoms with Gasteiger partial charge in [0.1, 0.15) is 0 Å². The summed E-state index contributed by atoms with van der Waals surface area (Å²) in [4.78, 5) is 0. The Hall–Kier alpha value is 0.976. The van der Waals surface area contributed by atoms with Crippen LogP contribution in [0.2, 0.25) is 19.1 Å². The molecule has 0 aromatic carbocycles. The van der Waals surface area contributed by atoms with E-state index in [0.717, 1.165) is 22.9 Å². The minimum atomic E-state index is -1.12. The molecule has 0 aliphatic rings. The average Bonchev–Trinajstić information content (AvgIpc) is 1.67. The van der Waals surface area contributed by atoms with Gasteiger partial charge in [-0.3, -0.25) is 0 Å². The molecular formula is C5H14OSiSn. The van der Waals surface area contributed by atoms with Crippen LogP contribution in [0.4, 0.5) is 0 Å². The minimum absolute atomic E-state index is 0.981. The van der Waals surface area contributed by atoms with Crippen LogP contribution in [0.1, 0.15) is 13.3 Å². The van der Waals surface area contributed by atoms with E-state index in [1.54, 1.807) is 0 Å². The zero-order valence-corrected chi connectivity index (χ0v) is 10.2. The summed E-state index contributed by atoms with van der Waals surface area (Å²) in [6.07, 6.45) is 1.28. The Morgan fingerprint density at radius 2 is 2.00 bits per heavy atom. The van der Waals surface area contributed by atoms with Crippen LogP contribution in [0.25, 0.3) is 0 Å². The van der Waals surface area contributed by atoms with Crippen molar-refractivity contribution in [2.24, 2.45) is 0 Å². The molecule has 0 heterocycles. The first-order valence-electron chi connectivity index (χ1n) is 3.00. The zero-order valence-electron chi connectivity index (χ0n) is 5.90. The molecule has 0 aromatic rings. The van der Waals surface area contributed by atoms with Gasteiger partial charge >= 0.3 is 66.5 Å². The summed E-state index contributed by atoms with van der Waals surface area (Å²) in [5, 5.41) is 0. The van der Waals surface area contributed by atoms with Crippen molar-refractivity contribution >= 4 is 31.3 Å². The fourth-order valence-corrected chi connectivity index (χ4v) is 2.99. The molecule has 2 radical (unpaired) electrons. The van der Waals surface area contributed by atoms with Gasteiger partial charge in [-0.1, -0.05) is 0 Å². The Labute approximate surface area is 66.6 Å². The quantitative estimate of drug-likeness (QED) is 0.674. The fourth-order valence-electron chi connectivity index (χ4n) is 0.661. The van der Waals surface area contributed by atoms with E-state index in [0.29, 0.717) is 0 Å². The van der Waals surface area contributed by atoms with Gasteiger partial charge in [0.15, 0.2) is 0 Å². The van der Waals surface area contributed by atoms with E-state index in [1.165, 1.54) is 12.5 Å². The summed E-state index contributed by atoms with van der Waals surface area (Å²) in [6.45, 7) is 6.77. The van der Waals surface area contributed by atoms with Crippen molar-refractivity contribution < 1.29 is 2.76 Å². The van der Waals surface area contributed by atoms with Gasteiger partial charge in [0, 0.05) is 0 Å². The molecule has 0 saturated carbocycles. The van der Waals surface area contributed by atoms with Gasteiger partial charge in [-0.15, -0.1) is 0 Å². The normalized spacial score (nSPS) is 12.0. The molecule has 0 unspecified atom stereocenters. The van der Waals surface area contributed by atoms with Crippen molar-refractivity contribution in [3.05, 3.63) is 0 Å². The molecule has 0 spiro atoms. The van der Waals surface area contributed by atoms with Gasteiger partial charge < -0.3 is 0 Å². The number of rotatable bonds is 3. The van der Waals surface area contributed by atoms with Crippen LogP contribution in [0.3, 0.4) is 0 Å². The van der Waals surface area contributed by atoms with Crippen LogP contribution in [-0.2, 0) is 2.76 Å². The molecular weight excluding hydrogens is 223 g/mol. The molecule has 0 atom stereocenters. The molecule has 0 fully saturated rings. The number of hydrogen-bond acceptors (Lipinski definition) is 1. The Bertz CT molecular complexity index is 65.4. The summed E-state index contributed by atoms with van der Waals surface area (Å²) in [7, 11) is -1.12. The first-order valence-corrected chi connectivity index (χ1v) is 7.46. The molecule has 0 aromatic heterocycles. The van der Waals surface area contributed by atoms with Crippen molar-refractivity contribution in [2.45, 2.75) is 32.5 Å². The van der Waals surface area contributed by atoms with E-state index < -0.39 is 8.32 Å². The first-order chi connectivity index (χ1) is 3.62. The van der Waals surface area contributed by atoms with E-state index in [1.807, 2.05) is 0 Å². The monoisotopic (exact) mass is 238 g/mol. The van der Waals surface area contributed by atoms with Gasteiger partial charge in [-0.25, -0.2) is 0 Å². The molecule has 0 amide bonds.